The molecular weight excluding hydrogens is 198 g/mol. The van der Waals surface area contributed by atoms with E-state index in [2.05, 4.69) is 0 Å². The van der Waals surface area contributed by atoms with Crippen LogP contribution in [-0.2, 0) is 0 Å². The van der Waals surface area contributed by atoms with E-state index in [9.17, 15) is 10.1 Å². The predicted octanol–water partition coefficient (Wildman–Crippen LogP) is 3.32. The number of nitro groups is 1. The molecule has 14 heavy (non-hydrogen) atoms. The summed E-state index contributed by atoms with van der Waals surface area (Å²) < 4.78 is 0. The predicted molar refractivity (Wildman–Crippen MR) is 56.4 cm³/mol. The van der Waals surface area contributed by atoms with Crippen LogP contribution in [0.15, 0.2) is 41.8 Å². The van der Waals surface area contributed by atoms with E-state index < -0.39 is 0 Å². The summed E-state index contributed by atoms with van der Waals surface area (Å²) in [5.74, 6) is 0. The average molecular weight is 205 g/mol. The molecule has 1 aromatic carbocycles. The van der Waals surface area contributed by atoms with Gasteiger partial charge in [0.2, 0.25) is 0 Å². The lowest BCUT2D eigenvalue weighted by molar-refractivity contribution is -0.380. The summed E-state index contributed by atoms with van der Waals surface area (Å²) in [4.78, 5) is 10.1. The van der Waals surface area contributed by atoms with E-state index in [1.807, 2.05) is 30.3 Å². The Kier molecular flexibility index (Phi) is 2.28. The van der Waals surface area contributed by atoms with E-state index in [4.69, 9.17) is 0 Å². The molecule has 0 amide bonds. The van der Waals surface area contributed by atoms with Crippen molar-refractivity contribution in [3.05, 3.63) is 51.9 Å². The quantitative estimate of drug-likeness (QED) is 0.557. The largest absolute Gasteiger partial charge is 0.324 e. The van der Waals surface area contributed by atoms with Crippen molar-refractivity contribution in [1.29, 1.82) is 0 Å². The summed E-state index contributed by atoms with van der Waals surface area (Å²) in [6, 6.07) is 11.2. The Bertz CT molecular complexity index is 450. The van der Waals surface area contributed by atoms with Crippen LogP contribution in [0, 0.1) is 10.1 Å². The molecule has 0 atom stereocenters. The monoisotopic (exact) mass is 205 g/mol. The summed E-state index contributed by atoms with van der Waals surface area (Å²) in [6.07, 6.45) is 0. The van der Waals surface area contributed by atoms with E-state index in [0.29, 0.717) is 0 Å². The average Bonchev–Trinajstić information content (AvgIpc) is 2.68. The summed E-state index contributed by atoms with van der Waals surface area (Å²) in [7, 11) is 0. The number of hydrogen-bond donors (Lipinski definition) is 0. The fraction of sp³-hybridized carbons (Fsp3) is 0. The van der Waals surface area contributed by atoms with E-state index in [-0.39, 0.29) is 9.92 Å². The standard InChI is InChI=1S/C10H7NO2S/c12-11(13)10-6-9(7-14-10)8-4-2-1-3-5-8/h1-7H. The zero-order chi connectivity index (χ0) is 9.97. The van der Waals surface area contributed by atoms with E-state index in [1.54, 1.807) is 11.4 Å². The van der Waals surface area contributed by atoms with Gasteiger partial charge in [-0.3, -0.25) is 10.1 Å². The number of hydrogen-bond acceptors (Lipinski definition) is 3. The summed E-state index contributed by atoms with van der Waals surface area (Å²) in [5.41, 5.74) is 1.92. The van der Waals surface area contributed by atoms with E-state index in [1.165, 1.54) is 0 Å². The van der Waals surface area contributed by atoms with Crippen LogP contribution in [0.3, 0.4) is 0 Å². The second-order valence-electron chi connectivity index (χ2n) is 2.80. The molecule has 1 aromatic heterocycles. The van der Waals surface area contributed by atoms with E-state index in [0.717, 1.165) is 22.5 Å². The van der Waals surface area contributed by atoms with Crippen LogP contribution >= 0.6 is 11.3 Å². The van der Waals surface area contributed by atoms with Gasteiger partial charge in [0.15, 0.2) is 0 Å². The normalized spacial score (nSPS) is 10.0. The van der Waals surface area contributed by atoms with Gasteiger partial charge in [-0.25, -0.2) is 0 Å². The molecule has 1 heterocycles. The minimum Gasteiger partial charge on any atom is -0.258 e. The van der Waals surface area contributed by atoms with Gasteiger partial charge in [0.1, 0.15) is 0 Å². The van der Waals surface area contributed by atoms with Gasteiger partial charge < -0.3 is 0 Å². The van der Waals surface area contributed by atoms with Crippen molar-refractivity contribution in [1.82, 2.24) is 0 Å². The Morgan fingerprint density at radius 3 is 2.43 bits per heavy atom. The van der Waals surface area contributed by atoms with Crippen LogP contribution in [0.5, 0.6) is 0 Å². The molecule has 0 aliphatic heterocycles. The van der Waals surface area contributed by atoms with Gasteiger partial charge >= 0.3 is 5.00 Å². The second-order valence-corrected chi connectivity index (χ2v) is 3.69. The first-order valence-electron chi connectivity index (χ1n) is 4.06. The third-order valence-corrected chi connectivity index (χ3v) is 2.75. The number of nitrogens with zero attached hydrogens (tertiary/aromatic N) is 1. The van der Waals surface area contributed by atoms with Gasteiger partial charge in [-0.05, 0) is 11.1 Å². The van der Waals surface area contributed by atoms with Crippen LogP contribution < -0.4 is 0 Å². The van der Waals surface area contributed by atoms with Gasteiger partial charge in [-0.2, -0.15) is 0 Å². The van der Waals surface area contributed by atoms with Crippen LogP contribution in [0.1, 0.15) is 0 Å². The molecule has 70 valence electrons. The Balaban J connectivity index is 2.39. The molecule has 0 aliphatic carbocycles. The summed E-state index contributed by atoms with van der Waals surface area (Å²) >= 11 is 1.15. The van der Waals surface area contributed by atoms with Crippen molar-refractivity contribution < 1.29 is 4.92 Å². The van der Waals surface area contributed by atoms with Crippen LogP contribution in [0.4, 0.5) is 5.00 Å². The number of benzene rings is 1. The molecule has 0 saturated carbocycles. The number of thiophene rings is 1. The van der Waals surface area contributed by atoms with Gasteiger partial charge in [0, 0.05) is 11.4 Å². The van der Waals surface area contributed by atoms with Crippen molar-refractivity contribution in [2.45, 2.75) is 0 Å². The maximum atomic E-state index is 10.5. The molecule has 0 aliphatic rings. The molecule has 0 spiro atoms. The lowest BCUT2D eigenvalue weighted by atomic mass is 10.1. The summed E-state index contributed by atoms with van der Waals surface area (Å²) in [5, 5.41) is 12.4. The molecule has 2 rings (SSSR count). The molecule has 0 saturated heterocycles. The smallest absolute Gasteiger partial charge is 0.258 e. The highest BCUT2D eigenvalue weighted by molar-refractivity contribution is 7.13. The van der Waals surface area contributed by atoms with Crippen molar-refractivity contribution in [2.24, 2.45) is 0 Å². The van der Waals surface area contributed by atoms with Gasteiger partial charge in [0.05, 0.1) is 4.92 Å². The molecule has 0 N–H and O–H groups in total. The van der Waals surface area contributed by atoms with Crippen LogP contribution in [0.25, 0.3) is 11.1 Å². The highest BCUT2D eigenvalue weighted by Crippen LogP contribution is 2.29. The van der Waals surface area contributed by atoms with Crippen molar-refractivity contribution >= 4 is 16.3 Å². The van der Waals surface area contributed by atoms with Crippen molar-refractivity contribution in [3.8, 4) is 11.1 Å². The topological polar surface area (TPSA) is 43.1 Å². The lowest BCUT2D eigenvalue weighted by Gasteiger charge is -1.93. The first kappa shape index (κ1) is 8.90. The third-order valence-electron chi connectivity index (χ3n) is 1.87. The molecule has 0 radical (unpaired) electrons. The highest BCUT2D eigenvalue weighted by atomic mass is 32.1. The maximum Gasteiger partial charge on any atom is 0.324 e. The van der Waals surface area contributed by atoms with Gasteiger partial charge in [-0.15, -0.1) is 0 Å². The summed E-state index contributed by atoms with van der Waals surface area (Å²) in [6.45, 7) is 0. The molecule has 0 bridgehead atoms. The first-order chi connectivity index (χ1) is 6.77. The van der Waals surface area contributed by atoms with Gasteiger partial charge in [-0.1, -0.05) is 41.7 Å². The SMILES string of the molecule is O=[N+]([O-])c1cc(-c2ccccc2)cs1. The Hall–Kier alpha value is -1.68. The van der Waals surface area contributed by atoms with Crippen molar-refractivity contribution in [2.75, 3.05) is 0 Å². The zero-order valence-electron chi connectivity index (χ0n) is 7.21. The fourth-order valence-electron chi connectivity index (χ4n) is 1.20. The lowest BCUT2D eigenvalue weighted by Crippen LogP contribution is -1.81. The minimum absolute atomic E-state index is 0.184. The first-order valence-corrected chi connectivity index (χ1v) is 4.93. The Morgan fingerprint density at radius 1 is 1.14 bits per heavy atom. The highest BCUT2D eigenvalue weighted by Gasteiger charge is 2.09. The van der Waals surface area contributed by atoms with Crippen LogP contribution in [-0.4, -0.2) is 4.92 Å². The van der Waals surface area contributed by atoms with Crippen molar-refractivity contribution in [3.63, 3.8) is 0 Å². The van der Waals surface area contributed by atoms with Gasteiger partial charge in [0.25, 0.3) is 0 Å². The minimum atomic E-state index is -0.364. The van der Waals surface area contributed by atoms with E-state index >= 15 is 0 Å². The zero-order valence-corrected chi connectivity index (χ0v) is 8.03. The third kappa shape index (κ3) is 1.65. The molecular formula is C10H7NO2S. The molecule has 0 unspecified atom stereocenters. The van der Waals surface area contributed by atoms with Crippen LogP contribution in [0.2, 0.25) is 0 Å². The molecule has 2 aromatic rings. The molecule has 4 heteroatoms. The molecule has 3 nitrogen and oxygen atoms in total. The Labute approximate surface area is 84.8 Å². The fourth-order valence-corrected chi connectivity index (χ4v) is 1.94. The second kappa shape index (κ2) is 3.59. The Morgan fingerprint density at radius 2 is 1.86 bits per heavy atom. The molecule has 0 fully saturated rings. The number of rotatable bonds is 2. The maximum absolute atomic E-state index is 10.5.